The topological polar surface area (TPSA) is 57.9 Å². The molecule has 0 amide bonds. The Balaban J connectivity index is 3.08. The van der Waals surface area contributed by atoms with Crippen LogP contribution in [0.3, 0.4) is 0 Å². The molecule has 0 heterocycles. The highest BCUT2D eigenvalue weighted by Gasteiger charge is 2.54. The maximum atomic E-state index is 12.6. The molecular formula is C11H12F3NO2. The zero-order valence-electron chi connectivity index (χ0n) is 9.30. The van der Waals surface area contributed by atoms with Crippen molar-refractivity contribution in [1.29, 1.82) is 5.26 Å². The molecule has 0 bridgehead atoms. The van der Waals surface area contributed by atoms with Crippen molar-refractivity contribution in [2.75, 3.05) is 0 Å². The summed E-state index contributed by atoms with van der Waals surface area (Å²) >= 11 is 0. The number of ketones is 2. The predicted octanol–water partition coefficient (Wildman–Crippen LogP) is 2.41. The molecule has 1 aliphatic carbocycles. The van der Waals surface area contributed by atoms with E-state index >= 15 is 0 Å². The molecule has 1 rings (SSSR count). The molecule has 0 aromatic carbocycles. The van der Waals surface area contributed by atoms with Gasteiger partial charge in [-0.1, -0.05) is 6.92 Å². The summed E-state index contributed by atoms with van der Waals surface area (Å²) in [5.41, 5.74) is -1.74. The van der Waals surface area contributed by atoms with Crippen LogP contribution in [0.25, 0.3) is 0 Å². The molecule has 2 unspecified atom stereocenters. The van der Waals surface area contributed by atoms with E-state index in [0.717, 1.165) is 0 Å². The Morgan fingerprint density at radius 1 is 1.59 bits per heavy atom. The Bertz CT molecular complexity index is 383. The lowest BCUT2D eigenvalue weighted by Crippen LogP contribution is -2.46. The van der Waals surface area contributed by atoms with Crippen LogP contribution in [0.15, 0.2) is 0 Å². The minimum atomic E-state index is -4.42. The maximum Gasteiger partial charge on any atom is 0.391 e. The second-order valence-corrected chi connectivity index (χ2v) is 4.28. The SMILES string of the molecule is CCC1(C(=O)C#N)CC(C(F)(F)F)CCC1=O. The van der Waals surface area contributed by atoms with Crippen LogP contribution < -0.4 is 0 Å². The second kappa shape index (κ2) is 4.47. The summed E-state index contributed by atoms with van der Waals surface area (Å²) < 4.78 is 37.8. The third kappa shape index (κ3) is 2.33. The van der Waals surface area contributed by atoms with E-state index in [0.29, 0.717) is 0 Å². The molecule has 1 fully saturated rings. The monoisotopic (exact) mass is 247 g/mol. The van der Waals surface area contributed by atoms with E-state index in [1.807, 2.05) is 0 Å². The summed E-state index contributed by atoms with van der Waals surface area (Å²) in [7, 11) is 0. The first-order valence-electron chi connectivity index (χ1n) is 5.32. The average Bonchev–Trinajstić information content (AvgIpc) is 2.27. The van der Waals surface area contributed by atoms with Gasteiger partial charge in [-0.15, -0.1) is 0 Å². The number of hydrogen-bond donors (Lipinski definition) is 0. The van der Waals surface area contributed by atoms with E-state index in [1.54, 1.807) is 0 Å². The molecule has 2 atom stereocenters. The number of carbonyl (C=O) groups excluding carboxylic acids is 2. The van der Waals surface area contributed by atoms with Gasteiger partial charge in [0.25, 0.3) is 0 Å². The molecule has 0 aromatic rings. The number of rotatable bonds is 2. The number of halogens is 3. The number of carbonyl (C=O) groups is 2. The van der Waals surface area contributed by atoms with Gasteiger partial charge in [-0.2, -0.15) is 18.4 Å². The second-order valence-electron chi connectivity index (χ2n) is 4.28. The highest BCUT2D eigenvalue weighted by atomic mass is 19.4. The third-order valence-electron chi connectivity index (χ3n) is 3.45. The van der Waals surface area contributed by atoms with Crippen molar-refractivity contribution in [3.63, 3.8) is 0 Å². The first-order chi connectivity index (χ1) is 7.78. The van der Waals surface area contributed by atoms with Gasteiger partial charge in [-0.25, -0.2) is 0 Å². The molecule has 94 valence electrons. The van der Waals surface area contributed by atoms with Crippen molar-refractivity contribution in [1.82, 2.24) is 0 Å². The Morgan fingerprint density at radius 3 is 2.59 bits per heavy atom. The predicted molar refractivity (Wildman–Crippen MR) is 51.7 cm³/mol. The van der Waals surface area contributed by atoms with Crippen LogP contribution in [-0.2, 0) is 9.59 Å². The van der Waals surface area contributed by atoms with Crippen molar-refractivity contribution >= 4 is 11.6 Å². The molecule has 0 N–H and O–H groups in total. The van der Waals surface area contributed by atoms with Crippen LogP contribution >= 0.6 is 0 Å². The van der Waals surface area contributed by atoms with E-state index in [4.69, 9.17) is 5.26 Å². The van der Waals surface area contributed by atoms with Gasteiger partial charge in [-0.3, -0.25) is 9.59 Å². The lowest BCUT2D eigenvalue weighted by molar-refractivity contribution is -0.192. The van der Waals surface area contributed by atoms with Crippen LogP contribution in [0.5, 0.6) is 0 Å². The highest BCUT2D eigenvalue weighted by molar-refractivity contribution is 6.13. The van der Waals surface area contributed by atoms with Crippen LogP contribution in [-0.4, -0.2) is 17.7 Å². The summed E-state index contributed by atoms with van der Waals surface area (Å²) in [6, 6.07) is 1.30. The van der Waals surface area contributed by atoms with Crippen molar-refractivity contribution in [3.8, 4) is 6.07 Å². The highest BCUT2D eigenvalue weighted by Crippen LogP contribution is 2.46. The molecule has 0 aliphatic heterocycles. The number of nitrogens with zero attached hydrogens (tertiary/aromatic N) is 1. The molecule has 0 spiro atoms. The fourth-order valence-corrected chi connectivity index (χ4v) is 2.29. The molecule has 1 aliphatic rings. The van der Waals surface area contributed by atoms with Gasteiger partial charge >= 0.3 is 6.18 Å². The van der Waals surface area contributed by atoms with Gasteiger partial charge in [-0.05, 0) is 19.3 Å². The lowest BCUT2D eigenvalue weighted by Gasteiger charge is -2.36. The molecule has 0 radical (unpaired) electrons. The molecule has 17 heavy (non-hydrogen) atoms. The fourth-order valence-electron chi connectivity index (χ4n) is 2.29. The van der Waals surface area contributed by atoms with Gasteiger partial charge in [0.05, 0.1) is 5.92 Å². The molecule has 3 nitrogen and oxygen atoms in total. The third-order valence-corrected chi connectivity index (χ3v) is 3.45. The smallest absolute Gasteiger partial charge is 0.299 e. The molecule has 6 heteroatoms. The normalized spacial score (nSPS) is 29.8. The Labute approximate surface area is 96.6 Å². The van der Waals surface area contributed by atoms with E-state index in [-0.39, 0.29) is 19.3 Å². The van der Waals surface area contributed by atoms with Crippen molar-refractivity contribution < 1.29 is 22.8 Å². The molecular weight excluding hydrogens is 235 g/mol. The first-order valence-corrected chi connectivity index (χ1v) is 5.32. The van der Waals surface area contributed by atoms with Crippen LogP contribution in [0.4, 0.5) is 13.2 Å². The number of Topliss-reactive ketones (excluding diaryl/α,β-unsaturated/α-hetero) is 2. The van der Waals surface area contributed by atoms with Crippen molar-refractivity contribution in [3.05, 3.63) is 0 Å². The minimum absolute atomic E-state index is 0.0508. The Hall–Kier alpha value is -1.38. The van der Waals surface area contributed by atoms with E-state index < -0.39 is 35.5 Å². The standard InChI is InChI=1S/C11H12F3NO2/c1-2-10(9(17)6-15)5-7(11(12,13)14)3-4-8(10)16/h7H,2-5H2,1H3. The summed E-state index contributed by atoms with van der Waals surface area (Å²) in [6.07, 6.45) is -5.63. The Morgan fingerprint density at radius 2 is 2.18 bits per heavy atom. The molecule has 0 saturated heterocycles. The Kier molecular flexibility index (Phi) is 3.60. The fraction of sp³-hybridized carbons (Fsp3) is 0.727. The minimum Gasteiger partial charge on any atom is -0.299 e. The van der Waals surface area contributed by atoms with Gasteiger partial charge < -0.3 is 0 Å². The summed E-state index contributed by atoms with van der Waals surface area (Å²) in [5.74, 6) is -3.25. The van der Waals surface area contributed by atoms with E-state index in [2.05, 4.69) is 0 Å². The van der Waals surface area contributed by atoms with E-state index in [1.165, 1.54) is 13.0 Å². The van der Waals surface area contributed by atoms with Crippen LogP contribution in [0, 0.1) is 22.7 Å². The number of nitriles is 1. The maximum absolute atomic E-state index is 12.6. The first kappa shape index (κ1) is 13.7. The van der Waals surface area contributed by atoms with Crippen molar-refractivity contribution in [2.24, 2.45) is 11.3 Å². The summed E-state index contributed by atoms with van der Waals surface area (Å²) in [4.78, 5) is 23.1. The summed E-state index contributed by atoms with van der Waals surface area (Å²) in [5, 5.41) is 8.56. The zero-order valence-corrected chi connectivity index (χ0v) is 9.30. The van der Waals surface area contributed by atoms with Gasteiger partial charge in [0.2, 0.25) is 5.78 Å². The largest absolute Gasteiger partial charge is 0.391 e. The average molecular weight is 247 g/mol. The number of hydrogen-bond acceptors (Lipinski definition) is 3. The van der Waals surface area contributed by atoms with Crippen LogP contribution in [0.2, 0.25) is 0 Å². The van der Waals surface area contributed by atoms with E-state index in [9.17, 15) is 22.8 Å². The summed E-state index contributed by atoms with van der Waals surface area (Å²) in [6.45, 7) is 1.46. The molecule has 1 saturated carbocycles. The number of alkyl halides is 3. The lowest BCUT2D eigenvalue weighted by atomic mass is 9.65. The van der Waals surface area contributed by atoms with Crippen LogP contribution in [0.1, 0.15) is 32.6 Å². The van der Waals surface area contributed by atoms with Gasteiger partial charge in [0.1, 0.15) is 17.3 Å². The van der Waals surface area contributed by atoms with Crippen molar-refractivity contribution in [2.45, 2.75) is 38.8 Å². The quantitative estimate of drug-likeness (QED) is 0.556. The van der Waals surface area contributed by atoms with Gasteiger partial charge in [0.15, 0.2) is 0 Å². The molecule has 0 aromatic heterocycles. The van der Waals surface area contributed by atoms with Gasteiger partial charge in [0, 0.05) is 6.42 Å². The zero-order chi connectivity index (χ0) is 13.3.